The second-order valence-corrected chi connectivity index (χ2v) is 3.72. The van der Waals surface area contributed by atoms with E-state index in [1.807, 2.05) is 6.08 Å². The summed E-state index contributed by atoms with van der Waals surface area (Å²) in [6.45, 7) is 2.73. The Kier molecular flexibility index (Phi) is 4.06. The van der Waals surface area contributed by atoms with Crippen LogP contribution in [0.15, 0.2) is 29.2 Å². The van der Waals surface area contributed by atoms with Gasteiger partial charge in [0, 0.05) is 11.4 Å². The van der Waals surface area contributed by atoms with Crippen molar-refractivity contribution in [2.45, 2.75) is 11.8 Å². The summed E-state index contributed by atoms with van der Waals surface area (Å²) < 4.78 is 0. The van der Waals surface area contributed by atoms with Crippen molar-refractivity contribution in [2.75, 3.05) is 12.8 Å². The lowest BCUT2D eigenvalue weighted by molar-refractivity contribution is 1.26. The van der Waals surface area contributed by atoms with E-state index in [0.29, 0.717) is 6.54 Å². The smallest absolute Gasteiger partial charge is 0.0110 e. The van der Waals surface area contributed by atoms with Crippen molar-refractivity contribution in [1.29, 1.82) is 0 Å². The van der Waals surface area contributed by atoms with Crippen molar-refractivity contribution in [3.8, 4) is 0 Å². The van der Waals surface area contributed by atoms with Crippen molar-refractivity contribution in [2.24, 2.45) is 5.73 Å². The van der Waals surface area contributed by atoms with Gasteiger partial charge in [-0.05, 0) is 30.4 Å². The molecule has 2 heteroatoms. The maximum atomic E-state index is 5.38. The molecule has 1 rings (SSSR count). The Bertz CT molecular complexity index is 305. The molecule has 0 radical (unpaired) electrons. The highest BCUT2D eigenvalue weighted by molar-refractivity contribution is 7.98. The number of nitrogens with two attached hydrogens (primary N) is 1. The Balaban J connectivity index is 2.92. The van der Waals surface area contributed by atoms with E-state index < -0.39 is 0 Å². The molecule has 0 aliphatic carbocycles. The first-order valence-corrected chi connectivity index (χ1v) is 5.51. The molecule has 1 aromatic rings. The molecule has 0 spiro atoms. The fourth-order valence-electron chi connectivity index (χ4n) is 1.14. The lowest BCUT2D eigenvalue weighted by atomic mass is 10.1. The van der Waals surface area contributed by atoms with Crippen LogP contribution in [-0.4, -0.2) is 12.8 Å². The summed E-state index contributed by atoms with van der Waals surface area (Å²) in [6, 6.07) is 6.44. The summed E-state index contributed by atoms with van der Waals surface area (Å²) in [5.74, 6) is 0. The van der Waals surface area contributed by atoms with Crippen LogP contribution in [0.5, 0.6) is 0 Å². The molecule has 0 aliphatic rings. The van der Waals surface area contributed by atoms with Gasteiger partial charge in [0.25, 0.3) is 0 Å². The Hall–Kier alpha value is -0.730. The van der Waals surface area contributed by atoms with Crippen LogP contribution in [0, 0.1) is 6.92 Å². The van der Waals surface area contributed by atoms with Crippen LogP contribution >= 0.6 is 11.8 Å². The standard InChI is InChI=1S/C11H15NS/c1-9-5-6-10(4-3-7-12)8-11(9)13-2/h3-6,8H,7,12H2,1-2H3/b4-3+. The summed E-state index contributed by atoms with van der Waals surface area (Å²) in [6.07, 6.45) is 6.12. The predicted molar refractivity (Wildman–Crippen MR) is 61.0 cm³/mol. The van der Waals surface area contributed by atoms with Crippen molar-refractivity contribution < 1.29 is 0 Å². The average molecular weight is 193 g/mol. The minimum atomic E-state index is 0.600. The number of aryl methyl sites for hydroxylation is 1. The molecule has 0 unspecified atom stereocenters. The van der Waals surface area contributed by atoms with Gasteiger partial charge < -0.3 is 5.73 Å². The molecule has 0 fully saturated rings. The van der Waals surface area contributed by atoms with Gasteiger partial charge in [-0.1, -0.05) is 24.3 Å². The summed E-state index contributed by atoms with van der Waals surface area (Å²) in [7, 11) is 0. The monoisotopic (exact) mass is 193 g/mol. The Morgan fingerprint density at radius 1 is 1.46 bits per heavy atom. The molecule has 2 N–H and O–H groups in total. The number of thioether (sulfide) groups is 1. The minimum absolute atomic E-state index is 0.600. The molecule has 0 saturated heterocycles. The maximum absolute atomic E-state index is 5.38. The lowest BCUT2D eigenvalue weighted by Gasteiger charge is -2.02. The topological polar surface area (TPSA) is 26.0 Å². The first-order valence-electron chi connectivity index (χ1n) is 4.29. The van der Waals surface area contributed by atoms with E-state index in [1.54, 1.807) is 11.8 Å². The second-order valence-electron chi connectivity index (χ2n) is 2.87. The predicted octanol–water partition coefficient (Wildman–Crippen LogP) is 2.69. The van der Waals surface area contributed by atoms with Crippen LogP contribution in [0.3, 0.4) is 0 Å². The fraction of sp³-hybridized carbons (Fsp3) is 0.273. The van der Waals surface area contributed by atoms with Crippen LogP contribution in [0.2, 0.25) is 0 Å². The van der Waals surface area contributed by atoms with Crippen molar-refractivity contribution in [3.05, 3.63) is 35.4 Å². The zero-order valence-electron chi connectivity index (χ0n) is 8.08. The second kappa shape index (κ2) is 5.10. The molecule has 0 heterocycles. The van der Waals surface area contributed by atoms with E-state index in [2.05, 4.69) is 37.5 Å². The van der Waals surface area contributed by atoms with Crippen molar-refractivity contribution in [1.82, 2.24) is 0 Å². The number of benzene rings is 1. The van der Waals surface area contributed by atoms with Gasteiger partial charge in [-0.2, -0.15) is 0 Å². The van der Waals surface area contributed by atoms with Gasteiger partial charge in [-0.25, -0.2) is 0 Å². The normalized spacial score (nSPS) is 11.0. The lowest BCUT2D eigenvalue weighted by Crippen LogP contribution is -1.92. The van der Waals surface area contributed by atoms with Gasteiger partial charge in [-0.15, -0.1) is 11.8 Å². The van der Waals surface area contributed by atoms with Gasteiger partial charge in [0.05, 0.1) is 0 Å². The zero-order chi connectivity index (χ0) is 9.68. The third-order valence-electron chi connectivity index (χ3n) is 1.88. The Labute approximate surface area is 84.0 Å². The minimum Gasteiger partial charge on any atom is -0.327 e. The van der Waals surface area contributed by atoms with Crippen LogP contribution in [-0.2, 0) is 0 Å². The van der Waals surface area contributed by atoms with E-state index in [-0.39, 0.29) is 0 Å². The first-order chi connectivity index (χ1) is 6.27. The van der Waals surface area contributed by atoms with Crippen molar-refractivity contribution >= 4 is 17.8 Å². The SMILES string of the molecule is CSc1cc(/C=C/CN)ccc1C. The summed E-state index contributed by atoms with van der Waals surface area (Å²) in [4.78, 5) is 1.33. The zero-order valence-corrected chi connectivity index (χ0v) is 8.90. The quantitative estimate of drug-likeness (QED) is 0.747. The van der Waals surface area contributed by atoms with Crippen LogP contribution < -0.4 is 5.73 Å². The average Bonchev–Trinajstić information content (AvgIpc) is 2.16. The third kappa shape index (κ3) is 2.90. The van der Waals surface area contributed by atoms with E-state index >= 15 is 0 Å². The highest BCUT2D eigenvalue weighted by Crippen LogP contribution is 2.21. The molecule has 0 aliphatic heterocycles. The molecule has 0 aromatic heterocycles. The molecule has 13 heavy (non-hydrogen) atoms. The summed E-state index contributed by atoms with van der Waals surface area (Å²) in [5, 5.41) is 0. The van der Waals surface area contributed by atoms with E-state index in [4.69, 9.17) is 5.73 Å². The van der Waals surface area contributed by atoms with Crippen molar-refractivity contribution in [3.63, 3.8) is 0 Å². The number of rotatable bonds is 3. The molecular weight excluding hydrogens is 178 g/mol. The summed E-state index contributed by atoms with van der Waals surface area (Å²) in [5.41, 5.74) is 7.94. The van der Waals surface area contributed by atoms with Crippen LogP contribution in [0.25, 0.3) is 6.08 Å². The van der Waals surface area contributed by atoms with Gasteiger partial charge in [-0.3, -0.25) is 0 Å². The van der Waals surface area contributed by atoms with Gasteiger partial charge in [0.1, 0.15) is 0 Å². The van der Waals surface area contributed by atoms with E-state index in [1.165, 1.54) is 16.0 Å². The first kappa shape index (κ1) is 10.4. The van der Waals surface area contributed by atoms with Crippen LogP contribution in [0.1, 0.15) is 11.1 Å². The summed E-state index contributed by atoms with van der Waals surface area (Å²) >= 11 is 1.78. The third-order valence-corrected chi connectivity index (χ3v) is 2.76. The van der Waals surface area contributed by atoms with E-state index in [9.17, 15) is 0 Å². The number of hydrogen-bond acceptors (Lipinski definition) is 2. The molecule has 0 atom stereocenters. The fourth-order valence-corrected chi connectivity index (χ4v) is 1.79. The molecule has 0 bridgehead atoms. The van der Waals surface area contributed by atoms with Gasteiger partial charge >= 0.3 is 0 Å². The largest absolute Gasteiger partial charge is 0.327 e. The molecule has 1 aromatic carbocycles. The van der Waals surface area contributed by atoms with Gasteiger partial charge in [0.15, 0.2) is 0 Å². The Morgan fingerprint density at radius 2 is 2.23 bits per heavy atom. The molecule has 70 valence electrons. The molecule has 1 nitrogen and oxygen atoms in total. The molecule has 0 saturated carbocycles. The Morgan fingerprint density at radius 3 is 2.85 bits per heavy atom. The maximum Gasteiger partial charge on any atom is 0.0110 e. The van der Waals surface area contributed by atoms with Gasteiger partial charge in [0.2, 0.25) is 0 Å². The molecule has 0 amide bonds. The van der Waals surface area contributed by atoms with Crippen LogP contribution in [0.4, 0.5) is 0 Å². The molecular formula is C11H15NS. The van der Waals surface area contributed by atoms with E-state index in [0.717, 1.165) is 0 Å². The highest BCUT2D eigenvalue weighted by Gasteiger charge is 1.95. The number of hydrogen-bond donors (Lipinski definition) is 1. The highest BCUT2D eigenvalue weighted by atomic mass is 32.2.